The molecule has 1 aliphatic rings. The lowest BCUT2D eigenvalue weighted by Crippen LogP contribution is -2.42. The van der Waals surface area contributed by atoms with E-state index in [0.29, 0.717) is 5.69 Å². The number of halogens is 1. The first-order valence-electron chi connectivity index (χ1n) is 5.68. The summed E-state index contributed by atoms with van der Waals surface area (Å²) in [7, 11) is 0. The van der Waals surface area contributed by atoms with Crippen molar-refractivity contribution < 1.29 is 4.79 Å². The van der Waals surface area contributed by atoms with Gasteiger partial charge in [-0.2, -0.15) is 0 Å². The molecule has 1 fully saturated rings. The van der Waals surface area contributed by atoms with E-state index in [1.165, 1.54) is 0 Å². The van der Waals surface area contributed by atoms with Crippen LogP contribution >= 0.6 is 12.4 Å². The lowest BCUT2D eigenvalue weighted by molar-refractivity contribution is 0.0652. The number of amides is 1. The van der Waals surface area contributed by atoms with Gasteiger partial charge < -0.3 is 10.6 Å². The Bertz CT molecular complexity index is 400. The molecule has 0 spiro atoms. The molecule has 3 nitrogen and oxygen atoms in total. The Hall–Kier alpha value is -1.22. The summed E-state index contributed by atoms with van der Waals surface area (Å²) in [6.07, 6.45) is 2.17. The Balaban J connectivity index is 0.00000144. The molecule has 0 atom stereocenters. The van der Waals surface area contributed by atoms with Crippen LogP contribution in [0.2, 0.25) is 0 Å². The van der Waals surface area contributed by atoms with Gasteiger partial charge in [0.15, 0.2) is 0 Å². The third-order valence-electron chi connectivity index (χ3n) is 3.30. The van der Waals surface area contributed by atoms with E-state index in [-0.39, 0.29) is 23.9 Å². The summed E-state index contributed by atoms with van der Waals surface area (Å²) in [4.78, 5) is 14.2. The van der Waals surface area contributed by atoms with Gasteiger partial charge in [0.2, 0.25) is 0 Å². The first-order valence-corrected chi connectivity index (χ1v) is 5.68. The van der Waals surface area contributed by atoms with E-state index >= 15 is 0 Å². The van der Waals surface area contributed by atoms with Crippen LogP contribution in [-0.4, -0.2) is 22.9 Å². The molecule has 1 amide bonds. The molecule has 1 heterocycles. The quantitative estimate of drug-likeness (QED) is 0.784. The van der Waals surface area contributed by atoms with Crippen LogP contribution in [-0.2, 0) is 0 Å². The van der Waals surface area contributed by atoms with Gasteiger partial charge in [0.25, 0.3) is 5.91 Å². The predicted octanol–water partition coefficient (Wildman–Crippen LogP) is 2.71. The summed E-state index contributed by atoms with van der Waals surface area (Å²) in [5, 5.41) is 0. The summed E-state index contributed by atoms with van der Waals surface area (Å²) in [6.45, 7) is 5.10. The minimum Gasteiger partial charge on any atom is -0.399 e. The highest BCUT2D eigenvalue weighted by Crippen LogP contribution is 2.29. The first-order chi connectivity index (χ1) is 7.50. The number of hydrogen-bond acceptors (Lipinski definition) is 2. The van der Waals surface area contributed by atoms with Crippen molar-refractivity contribution in [2.75, 3.05) is 12.3 Å². The second-order valence-corrected chi connectivity index (χ2v) is 4.99. The molecule has 0 saturated carbocycles. The van der Waals surface area contributed by atoms with Crippen LogP contribution < -0.4 is 5.73 Å². The van der Waals surface area contributed by atoms with Gasteiger partial charge in [0.05, 0.1) is 0 Å². The second kappa shape index (κ2) is 4.96. The van der Waals surface area contributed by atoms with E-state index < -0.39 is 0 Å². The van der Waals surface area contributed by atoms with E-state index in [2.05, 4.69) is 13.8 Å². The second-order valence-electron chi connectivity index (χ2n) is 4.99. The van der Waals surface area contributed by atoms with E-state index in [1.807, 2.05) is 4.90 Å². The summed E-state index contributed by atoms with van der Waals surface area (Å²) >= 11 is 0. The van der Waals surface area contributed by atoms with Gasteiger partial charge in [0.1, 0.15) is 0 Å². The summed E-state index contributed by atoms with van der Waals surface area (Å²) in [5.74, 6) is 0.113. The van der Waals surface area contributed by atoms with Crippen molar-refractivity contribution in [2.45, 2.75) is 32.2 Å². The molecule has 0 unspecified atom stereocenters. The SMILES string of the molecule is CC1(C)CCCN1C(=O)c1ccc(N)cc1.Cl. The maximum absolute atomic E-state index is 12.3. The molecule has 1 saturated heterocycles. The van der Waals surface area contributed by atoms with Crippen LogP contribution in [0, 0.1) is 0 Å². The van der Waals surface area contributed by atoms with Crippen molar-refractivity contribution in [1.82, 2.24) is 4.90 Å². The van der Waals surface area contributed by atoms with Crippen molar-refractivity contribution in [1.29, 1.82) is 0 Å². The van der Waals surface area contributed by atoms with Crippen molar-refractivity contribution in [3.05, 3.63) is 29.8 Å². The van der Waals surface area contributed by atoms with E-state index in [4.69, 9.17) is 5.73 Å². The van der Waals surface area contributed by atoms with Crippen molar-refractivity contribution in [3.8, 4) is 0 Å². The molecule has 1 aliphatic heterocycles. The van der Waals surface area contributed by atoms with E-state index in [9.17, 15) is 4.79 Å². The molecule has 2 N–H and O–H groups in total. The average molecular weight is 255 g/mol. The zero-order valence-corrected chi connectivity index (χ0v) is 11.1. The summed E-state index contributed by atoms with van der Waals surface area (Å²) in [6, 6.07) is 7.14. The molecule has 0 aromatic heterocycles. The van der Waals surface area contributed by atoms with Gasteiger partial charge in [-0.3, -0.25) is 4.79 Å². The predicted molar refractivity (Wildman–Crippen MR) is 72.5 cm³/mol. The molecule has 1 aromatic rings. The fraction of sp³-hybridized carbons (Fsp3) is 0.462. The fourth-order valence-corrected chi connectivity index (χ4v) is 2.27. The zero-order valence-electron chi connectivity index (χ0n) is 10.3. The molecule has 4 heteroatoms. The normalized spacial score (nSPS) is 17.6. The molecule has 2 rings (SSSR count). The van der Waals surface area contributed by atoms with E-state index in [0.717, 1.165) is 24.9 Å². The lowest BCUT2D eigenvalue weighted by Gasteiger charge is -2.31. The number of hydrogen-bond donors (Lipinski definition) is 1. The number of carbonyl (C=O) groups is 1. The fourth-order valence-electron chi connectivity index (χ4n) is 2.27. The third kappa shape index (κ3) is 2.72. The van der Waals surface area contributed by atoms with Gasteiger partial charge in [-0.15, -0.1) is 12.4 Å². The molecule has 17 heavy (non-hydrogen) atoms. The molecule has 0 aliphatic carbocycles. The van der Waals surface area contributed by atoms with E-state index in [1.54, 1.807) is 24.3 Å². The van der Waals surface area contributed by atoms with Crippen LogP contribution in [0.1, 0.15) is 37.0 Å². The molecule has 0 radical (unpaired) electrons. The topological polar surface area (TPSA) is 46.3 Å². The van der Waals surface area contributed by atoms with Crippen molar-refractivity contribution in [2.24, 2.45) is 0 Å². The van der Waals surface area contributed by atoms with Crippen LogP contribution in [0.25, 0.3) is 0 Å². The molecule has 1 aromatic carbocycles. The van der Waals surface area contributed by atoms with Gasteiger partial charge >= 0.3 is 0 Å². The highest BCUT2D eigenvalue weighted by molar-refractivity contribution is 5.95. The maximum atomic E-state index is 12.3. The van der Waals surface area contributed by atoms with Crippen molar-refractivity contribution >= 4 is 24.0 Å². The minimum absolute atomic E-state index is 0. The first kappa shape index (κ1) is 13.8. The average Bonchev–Trinajstić information content (AvgIpc) is 2.58. The standard InChI is InChI=1S/C13H18N2O.ClH/c1-13(2)8-3-9-15(13)12(16)10-4-6-11(14)7-5-10;/h4-7H,3,8-9,14H2,1-2H3;1H. The third-order valence-corrected chi connectivity index (χ3v) is 3.30. The van der Waals surface area contributed by atoms with Crippen LogP contribution in [0.3, 0.4) is 0 Å². The van der Waals surface area contributed by atoms with Crippen molar-refractivity contribution in [3.63, 3.8) is 0 Å². The number of likely N-dealkylation sites (tertiary alicyclic amines) is 1. The molecule has 0 bridgehead atoms. The lowest BCUT2D eigenvalue weighted by atomic mass is 10.0. The number of nitrogens with zero attached hydrogens (tertiary/aromatic N) is 1. The number of nitrogens with two attached hydrogens (primary N) is 1. The highest BCUT2D eigenvalue weighted by Gasteiger charge is 2.35. The zero-order chi connectivity index (χ0) is 11.8. The Kier molecular flexibility index (Phi) is 4.04. The summed E-state index contributed by atoms with van der Waals surface area (Å²) in [5.41, 5.74) is 7.01. The Morgan fingerprint density at radius 2 is 1.88 bits per heavy atom. The van der Waals surface area contributed by atoms with Gasteiger partial charge in [-0.05, 0) is 51.0 Å². The molecule has 94 valence electrons. The Morgan fingerprint density at radius 1 is 1.29 bits per heavy atom. The number of nitrogen functional groups attached to an aromatic ring is 1. The van der Waals surface area contributed by atoms with Crippen LogP contribution in [0.5, 0.6) is 0 Å². The Morgan fingerprint density at radius 3 is 2.35 bits per heavy atom. The summed E-state index contributed by atoms with van der Waals surface area (Å²) < 4.78 is 0. The number of carbonyl (C=O) groups excluding carboxylic acids is 1. The van der Waals surface area contributed by atoms with Crippen LogP contribution in [0.15, 0.2) is 24.3 Å². The molecular formula is C13H19ClN2O. The minimum atomic E-state index is -0.0154. The van der Waals surface area contributed by atoms with Gasteiger partial charge in [-0.25, -0.2) is 0 Å². The highest BCUT2D eigenvalue weighted by atomic mass is 35.5. The number of rotatable bonds is 1. The monoisotopic (exact) mass is 254 g/mol. The number of benzene rings is 1. The largest absolute Gasteiger partial charge is 0.399 e. The Labute approximate surface area is 108 Å². The number of anilines is 1. The van der Waals surface area contributed by atoms with Gasteiger partial charge in [-0.1, -0.05) is 0 Å². The molecular weight excluding hydrogens is 236 g/mol. The van der Waals surface area contributed by atoms with Crippen LogP contribution in [0.4, 0.5) is 5.69 Å². The smallest absolute Gasteiger partial charge is 0.254 e. The maximum Gasteiger partial charge on any atom is 0.254 e. The van der Waals surface area contributed by atoms with Gasteiger partial charge in [0, 0.05) is 23.3 Å².